The van der Waals surface area contributed by atoms with Crippen LogP contribution in [0.15, 0.2) is 47.4 Å². The van der Waals surface area contributed by atoms with Crippen molar-refractivity contribution in [3.8, 4) is 0 Å². The number of thioether (sulfide) groups is 1. The van der Waals surface area contributed by atoms with Gasteiger partial charge < -0.3 is 4.57 Å². The molecular weight excluding hydrogens is 283 g/mol. The smallest absolute Gasteiger partial charge is 0.341 e. The van der Waals surface area contributed by atoms with Crippen LogP contribution in [0.4, 0.5) is 13.2 Å². The van der Waals surface area contributed by atoms with Crippen LogP contribution in [0.2, 0.25) is 0 Å². The minimum absolute atomic E-state index is 0.0683. The molecule has 2 aromatic carbocycles. The third-order valence-corrected chi connectivity index (χ3v) is 4.01. The number of alkyl halides is 3. The van der Waals surface area contributed by atoms with Gasteiger partial charge in [0.2, 0.25) is 0 Å². The fourth-order valence-electron chi connectivity index (χ4n) is 2.57. The topological polar surface area (TPSA) is 4.93 Å². The molecule has 0 bridgehead atoms. The Labute approximate surface area is 118 Å². The Morgan fingerprint density at radius 3 is 2.40 bits per heavy atom. The van der Waals surface area contributed by atoms with Gasteiger partial charge in [-0.25, -0.2) is 0 Å². The lowest BCUT2D eigenvalue weighted by atomic mass is 10.1. The largest absolute Gasteiger partial charge is 0.446 e. The monoisotopic (exact) mass is 295 g/mol. The van der Waals surface area contributed by atoms with Gasteiger partial charge in [0.1, 0.15) is 0 Å². The number of fused-ring (bicyclic) bond motifs is 3. The van der Waals surface area contributed by atoms with Crippen LogP contribution in [-0.4, -0.2) is 10.1 Å². The van der Waals surface area contributed by atoms with Crippen molar-refractivity contribution >= 4 is 33.6 Å². The Balaban J connectivity index is 2.26. The molecule has 0 radical (unpaired) electrons. The summed E-state index contributed by atoms with van der Waals surface area (Å²) in [6.07, 6.45) is 0. The van der Waals surface area contributed by atoms with Gasteiger partial charge >= 0.3 is 5.51 Å². The second-order valence-electron chi connectivity index (χ2n) is 4.49. The molecule has 0 amide bonds. The molecule has 0 saturated heterocycles. The Hall–Kier alpha value is -1.62. The first-order chi connectivity index (χ1) is 9.49. The van der Waals surface area contributed by atoms with Crippen LogP contribution in [-0.2, 0) is 6.54 Å². The second kappa shape index (κ2) is 4.74. The van der Waals surface area contributed by atoms with Crippen LogP contribution in [0, 0.1) is 0 Å². The SMILES string of the molecule is CCn1c2ccccc2c2cc(SC(F)(F)F)ccc21. The Kier molecular flexibility index (Phi) is 3.17. The molecule has 5 heteroatoms. The van der Waals surface area contributed by atoms with Gasteiger partial charge in [0, 0.05) is 33.2 Å². The van der Waals surface area contributed by atoms with Crippen LogP contribution >= 0.6 is 11.8 Å². The molecule has 0 saturated carbocycles. The summed E-state index contributed by atoms with van der Waals surface area (Å²) in [5, 5.41) is 1.87. The average Bonchev–Trinajstić information content (AvgIpc) is 2.70. The molecule has 104 valence electrons. The molecule has 1 aromatic heterocycles. The average molecular weight is 295 g/mol. The number of hydrogen-bond acceptors (Lipinski definition) is 1. The van der Waals surface area contributed by atoms with Crippen LogP contribution in [0.25, 0.3) is 21.8 Å². The number of halogens is 3. The van der Waals surface area contributed by atoms with Gasteiger partial charge in [-0.2, -0.15) is 13.2 Å². The predicted octanol–water partition coefficient (Wildman–Crippen LogP) is 5.43. The van der Waals surface area contributed by atoms with Crippen LogP contribution in [0.5, 0.6) is 0 Å². The summed E-state index contributed by atoms with van der Waals surface area (Å²) in [6, 6.07) is 12.7. The van der Waals surface area contributed by atoms with Crippen LogP contribution in [0.1, 0.15) is 6.92 Å². The van der Waals surface area contributed by atoms with Crippen molar-refractivity contribution in [3.63, 3.8) is 0 Å². The molecule has 0 atom stereocenters. The number of hydrogen-bond donors (Lipinski definition) is 0. The summed E-state index contributed by atoms with van der Waals surface area (Å²) >= 11 is -0.0683. The molecule has 0 N–H and O–H groups in total. The van der Waals surface area contributed by atoms with Gasteiger partial charge in [0.15, 0.2) is 0 Å². The number of nitrogens with zero attached hydrogens (tertiary/aromatic N) is 1. The molecule has 1 nitrogen and oxygen atoms in total. The van der Waals surface area contributed by atoms with Gasteiger partial charge in [0.05, 0.1) is 0 Å². The van der Waals surface area contributed by atoms with Gasteiger partial charge in [-0.1, -0.05) is 18.2 Å². The molecule has 3 rings (SSSR count). The highest BCUT2D eigenvalue weighted by Crippen LogP contribution is 2.39. The van der Waals surface area contributed by atoms with Crippen molar-refractivity contribution in [3.05, 3.63) is 42.5 Å². The molecule has 0 unspecified atom stereocenters. The molecule has 0 fully saturated rings. The summed E-state index contributed by atoms with van der Waals surface area (Å²) in [6.45, 7) is 2.82. The van der Waals surface area contributed by atoms with Crippen molar-refractivity contribution in [1.82, 2.24) is 4.57 Å². The maximum Gasteiger partial charge on any atom is 0.446 e. The zero-order valence-electron chi connectivity index (χ0n) is 10.7. The maximum absolute atomic E-state index is 12.5. The van der Waals surface area contributed by atoms with Crippen molar-refractivity contribution in [2.75, 3.05) is 0 Å². The van der Waals surface area contributed by atoms with Crippen LogP contribution < -0.4 is 0 Å². The summed E-state index contributed by atoms with van der Waals surface area (Å²) in [7, 11) is 0. The van der Waals surface area contributed by atoms with Crippen molar-refractivity contribution in [2.45, 2.75) is 23.9 Å². The van der Waals surface area contributed by atoms with Crippen molar-refractivity contribution < 1.29 is 13.2 Å². The van der Waals surface area contributed by atoms with E-state index in [1.54, 1.807) is 12.1 Å². The van der Waals surface area contributed by atoms with Crippen LogP contribution in [0.3, 0.4) is 0 Å². The highest BCUT2D eigenvalue weighted by molar-refractivity contribution is 8.00. The first-order valence-electron chi connectivity index (χ1n) is 6.26. The highest BCUT2D eigenvalue weighted by atomic mass is 32.2. The van der Waals surface area contributed by atoms with E-state index in [1.807, 2.05) is 31.2 Å². The minimum atomic E-state index is -4.25. The number of aryl methyl sites for hydroxylation is 1. The zero-order valence-corrected chi connectivity index (χ0v) is 11.6. The van der Waals surface area contributed by atoms with Gasteiger partial charge in [-0.05, 0) is 43.0 Å². The Bertz CT molecular complexity index is 774. The fourth-order valence-corrected chi connectivity index (χ4v) is 3.15. The standard InChI is InChI=1S/C15H12F3NS/c1-2-19-13-6-4-3-5-11(13)12-9-10(7-8-14(12)19)20-15(16,17)18/h3-9H,2H2,1H3. The molecule has 0 aliphatic carbocycles. The fraction of sp³-hybridized carbons (Fsp3) is 0.200. The van der Waals surface area contributed by atoms with Gasteiger partial charge in [-0.15, -0.1) is 0 Å². The second-order valence-corrected chi connectivity index (χ2v) is 5.63. The normalized spacial score (nSPS) is 12.4. The lowest BCUT2D eigenvalue weighted by Gasteiger charge is -2.06. The first-order valence-corrected chi connectivity index (χ1v) is 7.08. The van der Waals surface area contributed by atoms with E-state index in [2.05, 4.69) is 4.57 Å². The van der Waals surface area contributed by atoms with E-state index >= 15 is 0 Å². The number of para-hydroxylation sites is 1. The molecule has 0 aliphatic heterocycles. The first kappa shape index (κ1) is 13.4. The minimum Gasteiger partial charge on any atom is -0.341 e. The lowest BCUT2D eigenvalue weighted by molar-refractivity contribution is -0.0328. The van der Waals surface area contributed by atoms with E-state index < -0.39 is 5.51 Å². The zero-order chi connectivity index (χ0) is 14.3. The molecule has 0 spiro atoms. The molecular formula is C15H12F3NS. The van der Waals surface area contributed by atoms with E-state index in [1.165, 1.54) is 6.07 Å². The third-order valence-electron chi connectivity index (χ3n) is 3.29. The highest BCUT2D eigenvalue weighted by Gasteiger charge is 2.29. The molecule has 0 aliphatic rings. The van der Waals surface area contributed by atoms with Gasteiger partial charge in [0.25, 0.3) is 0 Å². The number of aromatic nitrogens is 1. The van der Waals surface area contributed by atoms with Crippen molar-refractivity contribution in [1.29, 1.82) is 0 Å². The quantitative estimate of drug-likeness (QED) is 0.571. The van der Waals surface area contributed by atoms with E-state index in [0.717, 1.165) is 28.4 Å². The molecule has 20 heavy (non-hydrogen) atoms. The Morgan fingerprint density at radius 1 is 1.00 bits per heavy atom. The number of rotatable bonds is 2. The van der Waals surface area contributed by atoms with Crippen molar-refractivity contribution in [2.24, 2.45) is 0 Å². The van der Waals surface area contributed by atoms with Gasteiger partial charge in [-0.3, -0.25) is 0 Å². The molecule has 3 aromatic rings. The Morgan fingerprint density at radius 2 is 1.70 bits per heavy atom. The van der Waals surface area contributed by atoms with E-state index in [9.17, 15) is 13.2 Å². The summed E-state index contributed by atoms with van der Waals surface area (Å²) in [5.41, 5.74) is -2.23. The van der Waals surface area contributed by atoms with E-state index in [0.29, 0.717) is 0 Å². The summed E-state index contributed by atoms with van der Waals surface area (Å²) in [4.78, 5) is 0.226. The lowest BCUT2D eigenvalue weighted by Crippen LogP contribution is -1.98. The molecule has 1 heterocycles. The summed E-state index contributed by atoms with van der Waals surface area (Å²) in [5.74, 6) is 0. The number of benzene rings is 2. The third kappa shape index (κ3) is 2.26. The van der Waals surface area contributed by atoms with E-state index in [-0.39, 0.29) is 16.7 Å². The predicted molar refractivity (Wildman–Crippen MR) is 77.0 cm³/mol. The maximum atomic E-state index is 12.5. The van der Waals surface area contributed by atoms with E-state index in [4.69, 9.17) is 0 Å². The summed E-state index contributed by atoms with van der Waals surface area (Å²) < 4.78 is 39.6.